The van der Waals surface area contributed by atoms with Crippen LogP contribution in [0, 0.1) is 5.82 Å². The molecule has 0 spiro atoms. The maximum absolute atomic E-state index is 13.6. The SMILES string of the molecule is O=C(CCc1ccc2c(c1)OCO2)Nc1ccc(C2CCN(C(=O)c3cc(F)cc(Cl)c3)CC2)cc1. The van der Waals surface area contributed by atoms with E-state index in [0.717, 1.165) is 35.6 Å². The van der Waals surface area contributed by atoms with Crippen LogP contribution >= 0.6 is 11.6 Å². The summed E-state index contributed by atoms with van der Waals surface area (Å²) in [6.07, 6.45) is 2.61. The number of aryl methyl sites for hydroxylation is 1. The second-order valence-electron chi connectivity index (χ2n) is 9.08. The van der Waals surface area contributed by atoms with Gasteiger partial charge in [-0.1, -0.05) is 29.8 Å². The Morgan fingerprint density at radius 1 is 0.972 bits per heavy atom. The van der Waals surface area contributed by atoms with Gasteiger partial charge in [-0.15, -0.1) is 0 Å². The molecule has 2 amide bonds. The fourth-order valence-electron chi connectivity index (χ4n) is 4.69. The number of piperidine rings is 1. The second-order valence-corrected chi connectivity index (χ2v) is 9.52. The molecule has 5 rings (SSSR count). The van der Waals surface area contributed by atoms with E-state index in [0.29, 0.717) is 31.8 Å². The van der Waals surface area contributed by atoms with E-state index in [-0.39, 0.29) is 29.2 Å². The van der Waals surface area contributed by atoms with E-state index in [1.807, 2.05) is 42.5 Å². The molecule has 0 unspecified atom stereocenters. The standard InChI is InChI=1S/C28H26ClFN2O4/c29-22-14-21(15-23(30)16-22)28(34)32-11-9-20(10-12-32)19-3-5-24(6-4-19)31-27(33)8-2-18-1-7-25-26(13-18)36-17-35-25/h1,3-7,13-16,20H,2,8-12,17H2,(H,31,33). The van der Waals surface area contributed by atoms with Crippen LogP contribution < -0.4 is 14.8 Å². The van der Waals surface area contributed by atoms with Gasteiger partial charge in [-0.25, -0.2) is 4.39 Å². The number of nitrogens with one attached hydrogen (secondary N) is 1. The number of nitrogens with zero attached hydrogens (tertiary/aromatic N) is 1. The zero-order valence-corrected chi connectivity index (χ0v) is 20.4. The van der Waals surface area contributed by atoms with Crippen molar-refractivity contribution in [2.75, 3.05) is 25.2 Å². The highest BCUT2D eigenvalue weighted by Crippen LogP contribution is 2.33. The van der Waals surface area contributed by atoms with Crippen molar-refractivity contribution in [1.29, 1.82) is 0 Å². The highest BCUT2D eigenvalue weighted by Gasteiger charge is 2.25. The third kappa shape index (κ3) is 5.62. The molecule has 0 aliphatic carbocycles. The highest BCUT2D eigenvalue weighted by molar-refractivity contribution is 6.31. The number of carbonyl (C=O) groups excluding carboxylic acids is 2. The van der Waals surface area contributed by atoms with Gasteiger partial charge >= 0.3 is 0 Å². The van der Waals surface area contributed by atoms with Crippen LogP contribution in [0.4, 0.5) is 10.1 Å². The average Bonchev–Trinajstić information content (AvgIpc) is 3.35. The lowest BCUT2D eigenvalue weighted by Crippen LogP contribution is -2.38. The first-order valence-corrected chi connectivity index (χ1v) is 12.4. The summed E-state index contributed by atoms with van der Waals surface area (Å²) in [5.74, 6) is 1.01. The number of carbonyl (C=O) groups is 2. The molecule has 0 atom stereocenters. The maximum Gasteiger partial charge on any atom is 0.254 e. The van der Waals surface area contributed by atoms with Crippen LogP contribution in [-0.2, 0) is 11.2 Å². The summed E-state index contributed by atoms with van der Waals surface area (Å²) in [6.45, 7) is 1.42. The van der Waals surface area contributed by atoms with Crippen LogP contribution in [0.5, 0.6) is 11.5 Å². The fourth-order valence-corrected chi connectivity index (χ4v) is 4.91. The van der Waals surface area contributed by atoms with Gasteiger partial charge in [0, 0.05) is 35.8 Å². The molecule has 0 saturated carbocycles. The quantitative estimate of drug-likeness (QED) is 0.457. The van der Waals surface area contributed by atoms with E-state index in [1.165, 1.54) is 23.8 Å². The van der Waals surface area contributed by atoms with Gasteiger partial charge in [0.05, 0.1) is 0 Å². The zero-order chi connectivity index (χ0) is 25.1. The smallest absolute Gasteiger partial charge is 0.254 e. The van der Waals surface area contributed by atoms with Crippen molar-refractivity contribution in [3.63, 3.8) is 0 Å². The van der Waals surface area contributed by atoms with Crippen molar-refractivity contribution in [3.05, 3.63) is 88.2 Å². The molecule has 6 nitrogen and oxygen atoms in total. The zero-order valence-electron chi connectivity index (χ0n) is 19.6. The Labute approximate surface area is 214 Å². The predicted octanol–water partition coefficient (Wildman–Crippen LogP) is 5.80. The van der Waals surface area contributed by atoms with Gasteiger partial charge in [0.2, 0.25) is 12.7 Å². The van der Waals surface area contributed by atoms with Gasteiger partial charge in [0.25, 0.3) is 5.91 Å². The van der Waals surface area contributed by atoms with Gasteiger partial charge in [-0.05, 0) is 78.8 Å². The summed E-state index contributed by atoms with van der Waals surface area (Å²) in [7, 11) is 0. The predicted molar refractivity (Wildman–Crippen MR) is 135 cm³/mol. The molecule has 1 saturated heterocycles. The highest BCUT2D eigenvalue weighted by atomic mass is 35.5. The van der Waals surface area contributed by atoms with Crippen molar-refractivity contribution in [3.8, 4) is 11.5 Å². The summed E-state index contributed by atoms with van der Waals surface area (Å²) >= 11 is 5.90. The lowest BCUT2D eigenvalue weighted by atomic mass is 9.89. The van der Waals surface area contributed by atoms with Crippen LogP contribution in [0.1, 0.15) is 46.7 Å². The first kappa shape index (κ1) is 24.1. The maximum atomic E-state index is 13.6. The molecule has 36 heavy (non-hydrogen) atoms. The van der Waals surface area contributed by atoms with E-state index >= 15 is 0 Å². The normalized spacial score (nSPS) is 15.1. The van der Waals surface area contributed by atoms with E-state index in [1.54, 1.807) is 4.90 Å². The second kappa shape index (κ2) is 10.6. The van der Waals surface area contributed by atoms with Crippen LogP contribution in [0.3, 0.4) is 0 Å². The van der Waals surface area contributed by atoms with E-state index < -0.39 is 5.82 Å². The number of hydrogen-bond acceptors (Lipinski definition) is 4. The third-order valence-corrected chi connectivity index (χ3v) is 6.85. The van der Waals surface area contributed by atoms with Crippen LogP contribution in [0.25, 0.3) is 0 Å². The van der Waals surface area contributed by atoms with Crippen LogP contribution in [-0.4, -0.2) is 36.6 Å². The van der Waals surface area contributed by atoms with E-state index in [2.05, 4.69) is 5.32 Å². The van der Waals surface area contributed by atoms with Crippen molar-refractivity contribution < 1.29 is 23.5 Å². The summed E-state index contributed by atoms with van der Waals surface area (Å²) < 4.78 is 24.3. The molecule has 0 bridgehead atoms. The Morgan fingerprint density at radius 2 is 1.72 bits per heavy atom. The number of fused-ring (bicyclic) bond motifs is 1. The lowest BCUT2D eigenvalue weighted by Gasteiger charge is -2.32. The topological polar surface area (TPSA) is 67.9 Å². The summed E-state index contributed by atoms with van der Waals surface area (Å²) in [4.78, 5) is 26.9. The van der Waals surface area contributed by atoms with Gasteiger partial charge in [-0.3, -0.25) is 9.59 Å². The number of ether oxygens (including phenoxy) is 2. The number of halogens is 2. The minimum Gasteiger partial charge on any atom is -0.454 e. The van der Waals surface area contributed by atoms with Gasteiger partial charge in [-0.2, -0.15) is 0 Å². The molecule has 1 N–H and O–H groups in total. The Hall–Kier alpha value is -3.58. The van der Waals surface area contributed by atoms with Gasteiger partial charge in [0.15, 0.2) is 11.5 Å². The molecular formula is C28H26ClFN2O4. The number of anilines is 1. The van der Waals surface area contributed by atoms with Crippen LogP contribution in [0.15, 0.2) is 60.7 Å². The first-order valence-electron chi connectivity index (χ1n) is 12.0. The molecule has 0 radical (unpaired) electrons. The molecule has 0 aromatic heterocycles. The number of likely N-dealkylation sites (tertiary alicyclic amines) is 1. The number of rotatable bonds is 6. The summed E-state index contributed by atoms with van der Waals surface area (Å²) in [6, 6.07) is 17.5. The fraction of sp³-hybridized carbons (Fsp3) is 0.286. The van der Waals surface area contributed by atoms with Gasteiger partial charge in [0.1, 0.15) is 5.82 Å². The Balaban J connectivity index is 1.10. The summed E-state index contributed by atoms with van der Waals surface area (Å²) in [5.41, 5.74) is 3.23. The molecule has 2 heterocycles. The minimum atomic E-state index is -0.513. The molecular weight excluding hydrogens is 483 g/mol. The molecule has 3 aromatic rings. The molecule has 3 aromatic carbocycles. The molecule has 8 heteroatoms. The van der Waals surface area contributed by atoms with Crippen molar-refractivity contribution in [2.24, 2.45) is 0 Å². The monoisotopic (exact) mass is 508 g/mol. The molecule has 186 valence electrons. The number of amides is 2. The molecule has 2 aliphatic heterocycles. The number of hydrogen-bond donors (Lipinski definition) is 1. The Kier molecular flexibility index (Phi) is 7.09. The van der Waals surface area contributed by atoms with Crippen LogP contribution in [0.2, 0.25) is 5.02 Å². The van der Waals surface area contributed by atoms with Crippen molar-refractivity contribution in [2.45, 2.75) is 31.6 Å². The van der Waals surface area contributed by atoms with E-state index in [4.69, 9.17) is 21.1 Å². The largest absolute Gasteiger partial charge is 0.454 e. The first-order chi connectivity index (χ1) is 17.4. The lowest BCUT2D eigenvalue weighted by molar-refractivity contribution is -0.116. The van der Waals surface area contributed by atoms with Crippen molar-refractivity contribution >= 4 is 29.1 Å². The number of benzene rings is 3. The van der Waals surface area contributed by atoms with Gasteiger partial charge < -0.3 is 19.7 Å². The molecule has 2 aliphatic rings. The minimum absolute atomic E-state index is 0.0512. The molecule has 1 fully saturated rings. The summed E-state index contributed by atoms with van der Waals surface area (Å²) in [5, 5.41) is 3.17. The Bertz CT molecular complexity index is 1250. The average molecular weight is 509 g/mol. The van der Waals surface area contributed by atoms with Crippen molar-refractivity contribution in [1.82, 2.24) is 4.90 Å². The Morgan fingerprint density at radius 3 is 2.47 bits per heavy atom. The van der Waals surface area contributed by atoms with E-state index in [9.17, 15) is 14.0 Å². The third-order valence-electron chi connectivity index (χ3n) is 6.64.